The fourth-order valence-corrected chi connectivity index (χ4v) is 5.35. The van der Waals surface area contributed by atoms with Crippen LogP contribution in [0.5, 0.6) is 0 Å². The molecule has 0 radical (unpaired) electrons. The Labute approximate surface area is 176 Å². The van der Waals surface area contributed by atoms with Crippen LogP contribution in [0.15, 0.2) is 66.9 Å². The van der Waals surface area contributed by atoms with Gasteiger partial charge in [-0.05, 0) is 54.2 Å². The van der Waals surface area contributed by atoms with Crippen molar-refractivity contribution in [3.8, 4) is 22.4 Å². The second kappa shape index (κ2) is 7.44. The molecule has 1 aromatic heterocycles. The van der Waals surface area contributed by atoms with Gasteiger partial charge in [0.05, 0.1) is 11.0 Å². The van der Waals surface area contributed by atoms with Crippen molar-refractivity contribution >= 4 is 0 Å². The van der Waals surface area contributed by atoms with Crippen LogP contribution in [0.1, 0.15) is 65.0 Å². The molecule has 1 aliphatic rings. The Balaban J connectivity index is 1.90. The molecule has 0 saturated carbocycles. The fourth-order valence-electron chi connectivity index (χ4n) is 5.35. The molecule has 150 valence electrons. The summed E-state index contributed by atoms with van der Waals surface area (Å²) in [6, 6.07) is 22.9. The highest BCUT2D eigenvalue weighted by atomic mass is 15.1. The molecule has 4 rings (SSSR count). The number of hydrogen-bond donors (Lipinski definition) is 0. The quantitative estimate of drug-likeness (QED) is 0.414. The first-order chi connectivity index (χ1) is 14.0. The smallest absolute Gasteiger partial charge is 0.192 e. The van der Waals surface area contributed by atoms with Gasteiger partial charge >= 0.3 is 0 Å². The first-order valence-corrected chi connectivity index (χ1v) is 11.2. The topological polar surface area (TPSA) is 3.88 Å². The fraction of sp³-hybridized carbons (Fsp3) is 0.393. The van der Waals surface area contributed by atoms with Gasteiger partial charge in [-0.15, -0.1) is 0 Å². The van der Waals surface area contributed by atoms with Gasteiger partial charge in [0.2, 0.25) is 5.69 Å². The van der Waals surface area contributed by atoms with Crippen LogP contribution in [0, 0.1) is 0 Å². The van der Waals surface area contributed by atoms with Crippen molar-refractivity contribution in [2.75, 3.05) is 0 Å². The highest BCUT2D eigenvalue weighted by Crippen LogP contribution is 2.50. The molecule has 0 spiro atoms. The van der Waals surface area contributed by atoms with Gasteiger partial charge in [-0.25, -0.2) is 0 Å². The number of fused-ring (bicyclic) bond motifs is 3. The molecule has 0 aliphatic carbocycles. The zero-order chi connectivity index (χ0) is 20.6. The number of aromatic nitrogens is 1. The van der Waals surface area contributed by atoms with Crippen molar-refractivity contribution in [1.82, 2.24) is 0 Å². The number of hydrogen-bond acceptors (Lipinski definition) is 0. The van der Waals surface area contributed by atoms with Crippen molar-refractivity contribution < 1.29 is 4.57 Å². The molecule has 0 bridgehead atoms. The monoisotopic (exact) mass is 384 g/mol. The summed E-state index contributed by atoms with van der Waals surface area (Å²) in [5, 5.41) is 0. The number of aryl methyl sites for hydroxylation is 1. The lowest BCUT2D eigenvalue weighted by atomic mass is 9.60. The summed E-state index contributed by atoms with van der Waals surface area (Å²) >= 11 is 0. The van der Waals surface area contributed by atoms with Gasteiger partial charge in [-0.3, -0.25) is 0 Å². The largest absolute Gasteiger partial charge is 0.213 e. The highest BCUT2D eigenvalue weighted by Gasteiger charge is 2.56. The first-order valence-electron chi connectivity index (χ1n) is 11.2. The third-order valence-corrected chi connectivity index (χ3v) is 7.69. The van der Waals surface area contributed by atoms with Crippen LogP contribution in [0.3, 0.4) is 0 Å². The molecular weight excluding hydrogens is 350 g/mol. The van der Waals surface area contributed by atoms with E-state index in [4.69, 9.17) is 0 Å². The lowest BCUT2D eigenvalue weighted by Gasteiger charge is -2.46. The molecule has 2 heterocycles. The van der Waals surface area contributed by atoms with E-state index in [-0.39, 0.29) is 11.0 Å². The van der Waals surface area contributed by atoms with Crippen LogP contribution in [0.2, 0.25) is 0 Å². The molecule has 0 saturated heterocycles. The van der Waals surface area contributed by atoms with E-state index in [0.717, 1.165) is 19.3 Å². The Bertz CT molecular complexity index is 1020. The second-order valence-corrected chi connectivity index (χ2v) is 8.98. The van der Waals surface area contributed by atoms with Gasteiger partial charge in [-0.2, -0.15) is 4.57 Å². The standard InChI is InChI=1S/C28H34N/c1-6-11-21-13-15-22(16-14-21)23-17-18-25-24(20-23)26-12-9-10-19-29(26)28(5,8-3)27(25,4)7-2/h9-10,12-20H,6-8,11H2,1-5H3/q+1. The normalized spacial score (nSPS) is 22.8. The molecule has 29 heavy (non-hydrogen) atoms. The highest BCUT2D eigenvalue weighted by molar-refractivity contribution is 5.75. The lowest BCUT2D eigenvalue weighted by molar-refractivity contribution is -0.765. The van der Waals surface area contributed by atoms with Gasteiger partial charge in [0.25, 0.3) is 0 Å². The van der Waals surface area contributed by atoms with Gasteiger partial charge in [0, 0.05) is 25.5 Å². The Hall–Kier alpha value is -2.41. The number of rotatable bonds is 5. The van der Waals surface area contributed by atoms with E-state index in [9.17, 15) is 0 Å². The number of pyridine rings is 1. The predicted octanol–water partition coefficient (Wildman–Crippen LogP) is 7.07. The predicted molar refractivity (Wildman–Crippen MR) is 123 cm³/mol. The van der Waals surface area contributed by atoms with Crippen molar-refractivity contribution in [2.24, 2.45) is 0 Å². The molecule has 2 atom stereocenters. The average molecular weight is 385 g/mol. The van der Waals surface area contributed by atoms with Crippen LogP contribution in [0.25, 0.3) is 22.4 Å². The van der Waals surface area contributed by atoms with E-state index in [1.165, 1.54) is 39.9 Å². The molecule has 2 aromatic carbocycles. The van der Waals surface area contributed by atoms with Crippen LogP contribution >= 0.6 is 0 Å². The van der Waals surface area contributed by atoms with E-state index < -0.39 is 0 Å². The van der Waals surface area contributed by atoms with Crippen molar-refractivity contribution in [1.29, 1.82) is 0 Å². The Morgan fingerprint density at radius 1 is 0.793 bits per heavy atom. The zero-order valence-corrected chi connectivity index (χ0v) is 18.6. The van der Waals surface area contributed by atoms with Crippen LogP contribution in [-0.4, -0.2) is 0 Å². The number of benzene rings is 2. The SMILES string of the molecule is CCCc1ccc(-c2ccc3c(c2)-c2cccc[n+]2C(C)(CC)C3(C)CC)cc1. The molecule has 0 fully saturated rings. The lowest BCUT2D eigenvalue weighted by Crippen LogP contribution is -2.67. The maximum absolute atomic E-state index is 2.53. The minimum atomic E-state index is 0.0641. The third-order valence-electron chi connectivity index (χ3n) is 7.69. The third kappa shape index (κ3) is 2.94. The van der Waals surface area contributed by atoms with E-state index in [0.29, 0.717) is 0 Å². The van der Waals surface area contributed by atoms with Gasteiger partial charge < -0.3 is 0 Å². The Kier molecular flexibility index (Phi) is 5.11. The molecule has 1 aliphatic heterocycles. The van der Waals surface area contributed by atoms with Crippen molar-refractivity contribution in [3.05, 3.63) is 78.0 Å². The maximum atomic E-state index is 2.53. The van der Waals surface area contributed by atoms with E-state index in [1.807, 2.05) is 0 Å². The molecule has 1 nitrogen and oxygen atoms in total. The minimum absolute atomic E-state index is 0.0641. The summed E-state index contributed by atoms with van der Waals surface area (Å²) < 4.78 is 2.53. The Morgan fingerprint density at radius 3 is 2.17 bits per heavy atom. The van der Waals surface area contributed by atoms with Crippen molar-refractivity contribution in [3.63, 3.8) is 0 Å². The van der Waals surface area contributed by atoms with E-state index >= 15 is 0 Å². The van der Waals surface area contributed by atoms with Crippen LogP contribution < -0.4 is 4.57 Å². The van der Waals surface area contributed by atoms with Crippen LogP contribution in [-0.2, 0) is 17.4 Å². The van der Waals surface area contributed by atoms with Crippen molar-refractivity contribution in [2.45, 2.75) is 71.3 Å². The molecule has 2 unspecified atom stereocenters. The average Bonchev–Trinajstić information content (AvgIpc) is 2.78. The van der Waals surface area contributed by atoms with E-state index in [1.54, 1.807) is 0 Å². The molecule has 0 N–H and O–H groups in total. The zero-order valence-electron chi connectivity index (χ0n) is 18.6. The molecule has 0 amide bonds. The summed E-state index contributed by atoms with van der Waals surface area (Å²) in [5.74, 6) is 0. The molecule has 1 heteroatoms. The molecular formula is C28H34N+. The van der Waals surface area contributed by atoms with Gasteiger partial charge in [0.1, 0.15) is 0 Å². The number of nitrogens with zero attached hydrogens (tertiary/aromatic N) is 1. The maximum Gasteiger partial charge on any atom is 0.213 e. The van der Waals surface area contributed by atoms with Gasteiger partial charge in [0.15, 0.2) is 11.7 Å². The minimum Gasteiger partial charge on any atom is -0.192 e. The van der Waals surface area contributed by atoms with Crippen LogP contribution in [0.4, 0.5) is 0 Å². The van der Waals surface area contributed by atoms with E-state index in [2.05, 4.69) is 106 Å². The van der Waals surface area contributed by atoms with Gasteiger partial charge in [-0.1, -0.05) is 63.6 Å². The molecule has 3 aromatic rings. The second-order valence-electron chi connectivity index (χ2n) is 8.98. The summed E-state index contributed by atoms with van der Waals surface area (Å²) in [7, 11) is 0. The first kappa shape index (κ1) is 19.9. The Morgan fingerprint density at radius 2 is 1.52 bits per heavy atom. The summed E-state index contributed by atoms with van der Waals surface area (Å²) in [6.07, 6.45) is 6.86. The summed E-state index contributed by atoms with van der Waals surface area (Å²) in [6.45, 7) is 11.8. The summed E-state index contributed by atoms with van der Waals surface area (Å²) in [4.78, 5) is 0. The summed E-state index contributed by atoms with van der Waals surface area (Å²) in [5.41, 5.74) is 8.40.